The van der Waals surface area contributed by atoms with Crippen LogP contribution in [0.25, 0.3) is 0 Å². The number of carbonyl (C=O) groups is 3. The van der Waals surface area contributed by atoms with Crippen molar-refractivity contribution < 1.29 is 33.8 Å². The van der Waals surface area contributed by atoms with Gasteiger partial charge in [-0.1, -0.05) is 24.3 Å². The number of unbranched alkanes of at least 4 members (excludes halogenated alkanes) is 2. The van der Waals surface area contributed by atoms with Crippen molar-refractivity contribution in [2.24, 2.45) is 0 Å². The van der Waals surface area contributed by atoms with Gasteiger partial charge in [0.05, 0.1) is 34.0 Å². The number of likely N-dealkylation sites (N-methyl/N-ethyl adjacent to an activating group) is 1. The van der Waals surface area contributed by atoms with Crippen LogP contribution in [0.2, 0.25) is 0 Å². The molecule has 148 valence electrons. The normalized spacial score (nSPS) is 13.2. The van der Waals surface area contributed by atoms with Gasteiger partial charge in [0.1, 0.15) is 6.54 Å². The minimum atomic E-state index is -0.973. The molecule has 2 N–H and O–H groups in total. The van der Waals surface area contributed by atoms with Crippen molar-refractivity contribution in [1.29, 1.82) is 0 Å². The Kier molecular flexibility index (Phi) is 12.0. The maximum absolute atomic E-state index is 11.9. The van der Waals surface area contributed by atoms with E-state index >= 15 is 0 Å². The van der Waals surface area contributed by atoms with Crippen LogP contribution in [0.3, 0.4) is 0 Å². The van der Waals surface area contributed by atoms with E-state index in [0.717, 1.165) is 12.8 Å². The maximum Gasteiger partial charge on any atom is 0.307 e. The average molecular weight is 370 g/mol. The van der Waals surface area contributed by atoms with Gasteiger partial charge in [-0.25, -0.2) is 0 Å². The van der Waals surface area contributed by atoms with Crippen molar-refractivity contribution in [1.82, 2.24) is 0 Å². The minimum absolute atomic E-state index is 0.0346. The van der Waals surface area contributed by atoms with Crippen LogP contribution < -0.4 is 0 Å². The number of aliphatic carboxylic acids is 2. The van der Waals surface area contributed by atoms with Gasteiger partial charge >= 0.3 is 17.9 Å². The SMILES string of the molecule is C[N+](C)(C)CC(CC(=O)O)OC(=O)CCCC/C=C/C/C=C/CC(=O)O. The van der Waals surface area contributed by atoms with Crippen molar-refractivity contribution in [3.05, 3.63) is 24.3 Å². The molecule has 0 heterocycles. The molecule has 0 fully saturated rings. The van der Waals surface area contributed by atoms with E-state index in [4.69, 9.17) is 14.9 Å². The summed E-state index contributed by atoms with van der Waals surface area (Å²) in [5.74, 6) is -2.17. The first kappa shape index (κ1) is 23.9. The molecular formula is C19H32NO6+. The lowest BCUT2D eigenvalue weighted by atomic mass is 10.1. The van der Waals surface area contributed by atoms with Crippen LogP contribution in [-0.2, 0) is 19.1 Å². The van der Waals surface area contributed by atoms with E-state index < -0.39 is 18.0 Å². The predicted molar refractivity (Wildman–Crippen MR) is 98.7 cm³/mol. The number of carbonyl (C=O) groups excluding carboxylic acids is 1. The van der Waals surface area contributed by atoms with E-state index in [1.165, 1.54) is 0 Å². The Labute approximate surface area is 155 Å². The first-order valence-electron chi connectivity index (χ1n) is 8.83. The molecule has 0 aromatic heterocycles. The van der Waals surface area contributed by atoms with Crippen molar-refractivity contribution in [3.8, 4) is 0 Å². The molecule has 0 rings (SSSR count). The fraction of sp³-hybridized carbons (Fsp3) is 0.632. The summed E-state index contributed by atoms with van der Waals surface area (Å²) in [6.45, 7) is 0.455. The van der Waals surface area contributed by atoms with Crippen LogP contribution in [0, 0.1) is 0 Å². The van der Waals surface area contributed by atoms with Gasteiger partial charge in [0.25, 0.3) is 0 Å². The number of hydrogen-bond acceptors (Lipinski definition) is 4. The lowest BCUT2D eigenvalue weighted by Gasteiger charge is -2.28. The zero-order valence-corrected chi connectivity index (χ0v) is 16.0. The molecule has 0 saturated heterocycles. The lowest BCUT2D eigenvalue weighted by Crippen LogP contribution is -2.43. The summed E-state index contributed by atoms with van der Waals surface area (Å²) in [6.07, 6.45) is 9.94. The Morgan fingerprint density at radius 2 is 1.62 bits per heavy atom. The number of rotatable bonds is 14. The Balaban J connectivity index is 3.96. The van der Waals surface area contributed by atoms with Gasteiger partial charge < -0.3 is 19.4 Å². The third kappa shape index (κ3) is 16.7. The molecule has 7 heteroatoms. The van der Waals surface area contributed by atoms with Crippen LogP contribution in [-0.4, -0.2) is 66.4 Å². The van der Waals surface area contributed by atoms with Gasteiger partial charge in [-0.15, -0.1) is 0 Å². The minimum Gasteiger partial charge on any atom is -0.481 e. The maximum atomic E-state index is 11.9. The van der Waals surface area contributed by atoms with Crippen LogP contribution in [0.4, 0.5) is 0 Å². The number of allylic oxidation sites excluding steroid dienone is 3. The van der Waals surface area contributed by atoms with Crippen molar-refractivity contribution in [2.45, 2.75) is 51.0 Å². The second-order valence-corrected chi connectivity index (χ2v) is 7.20. The molecule has 1 atom stereocenters. The smallest absolute Gasteiger partial charge is 0.307 e. The fourth-order valence-corrected chi connectivity index (χ4v) is 2.30. The topological polar surface area (TPSA) is 101 Å². The second kappa shape index (κ2) is 13.1. The number of quaternary nitrogens is 1. The van der Waals surface area contributed by atoms with Crippen LogP contribution >= 0.6 is 0 Å². The molecule has 0 saturated carbocycles. The molecule has 26 heavy (non-hydrogen) atoms. The molecule has 0 aliphatic rings. The van der Waals surface area contributed by atoms with Crippen LogP contribution in [0.5, 0.6) is 0 Å². The van der Waals surface area contributed by atoms with E-state index in [1.807, 2.05) is 33.3 Å². The first-order chi connectivity index (χ1) is 12.1. The van der Waals surface area contributed by atoms with Gasteiger partial charge in [0, 0.05) is 6.42 Å². The summed E-state index contributed by atoms with van der Waals surface area (Å²) in [6, 6.07) is 0. The van der Waals surface area contributed by atoms with E-state index in [2.05, 4.69) is 0 Å². The summed E-state index contributed by atoms with van der Waals surface area (Å²) in [7, 11) is 5.77. The highest BCUT2D eigenvalue weighted by atomic mass is 16.5. The molecule has 0 amide bonds. The van der Waals surface area contributed by atoms with Gasteiger partial charge in [0.15, 0.2) is 6.10 Å². The third-order valence-electron chi connectivity index (χ3n) is 3.35. The fourth-order valence-electron chi connectivity index (χ4n) is 2.30. The highest BCUT2D eigenvalue weighted by molar-refractivity contribution is 5.71. The number of ether oxygens (including phenoxy) is 1. The van der Waals surface area contributed by atoms with E-state index in [9.17, 15) is 14.4 Å². The van der Waals surface area contributed by atoms with Gasteiger partial charge in [-0.05, 0) is 25.7 Å². The summed E-state index contributed by atoms with van der Waals surface area (Å²) < 4.78 is 5.84. The Bertz CT molecular complexity index is 505. The Morgan fingerprint density at radius 3 is 2.19 bits per heavy atom. The number of hydrogen-bond donors (Lipinski definition) is 2. The molecule has 0 radical (unpaired) electrons. The Morgan fingerprint density at radius 1 is 0.962 bits per heavy atom. The predicted octanol–water partition coefficient (Wildman–Crippen LogP) is 2.62. The first-order valence-corrected chi connectivity index (χ1v) is 8.83. The van der Waals surface area contributed by atoms with Crippen LogP contribution in [0.15, 0.2) is 24.3 Å². The zero-order valence-electron chi connectivity index (χ0n) is 16.0. The lowest BCUT2D eigenvalue weighted by molar-refractivity contribution is -0.873. The molecule has 0 aliphatic carbocycles. The molecule has 0 bridgehead atoms. The van der Waals surface area contributed by atoms with E-state index in [1.54, 1.807) is 12.2 Å². The molecular weight excluding hydrogens is 338 g/mol. The molecule has 0 aliphatic heterocycles. The summed E-state index contributed by atoms with van der Waals surface area (Å²) >= 11 is 0. The quantitative estimate of drug-likeness (QED) is 0.211. The highest BCUT2D eigenvalue weighted by Crippen LogP contribution is 2.09. The highest BCUT2D eigenvalue weighted by Gasteiger charge is 2.24. The van der Waals surface area contributed by atoms with Crippen molar-refractivity contribution >= 4 is 17.9 Å². The van der Waals surface area contributed by atoms with Gasteiger partial charge in [-0.3, -0.25) is 14.4 Å². The molecule has 7 nitrogen and oxygen atoms in total. The zero-order chi connectivity index (χ0) is 20.0. The number of nitrogens with zero attached hydrogens (tertiary/aromatic N) is 1. The number of carboxylic acid groups (broad SMARTS) is 2. The van der Waals surface area contributed by atoms with Gasteiger partial charge in [-0.2, -0.15) is 0 Å². The number of carboxylic acids is 2. The molecule has 0 aromatic rings. The van der Waals surface area contributed by atoms with Crippen molar-refractivity contribution in [3.63, 3.8) is 0 Å². The van der Waals surface area contributed by atoms with Crippen molar-refractivity contribution in [2.75, 3.05) is 27.7 Å². The van der Waals surface area contributed by atoms with E-state index in [0.29, 0.717) is 23.9 Å². The van der Waals surface area contributed by atoms with E-state index in [-0.39, 0.29) is 25.2 Å². The molecule has 0 spiro atoms. The Hall–Kier alpha value is -2.15. The molecule has 0 aromatic carbocycles. The standard InChI is InChI=1S/C19H31NO6/c1-20(2,3)15-16(14-18(23)24)26-19(25)13-11-9-7-5-4-6-8-10-12-17(21)22/h4-5,8,10,16H,6-7,9,11-15H2,1-3H3,(H-,21,22,23,24)/p+1/b5-4+,10-8+. The van der Waals surface area contributed by atoms with Gasteiger partial charge in [0.2, 0.25) is 0 Å². The summed E-state index contributed by atoms with van der Waals surface area (Å²) in [4.78, 5) is 33.1. The van der Waals surface area contributed by atoms with Crippen LogP contribution in [0.1, 0.15) is 44.9 Å². The summed E-state index contributed by atoms with van der Waals surface area (Å²) in [5.41, 5.74) is 0. The molecule has 1 unspecified atom stereocenters. The average Bonchev–Trinajstić information content (AvgIpc) is 2.46. The monoisotopic (exact) mass is 370 g/mol. The second-order valence-electron chi connectivity index (χ2n) is 7.20. The third-order valence-corrected chi connectivity index (χ3v) is 3.35. The summed E-state index contributed by atoms with van der Waals surface area (Å²) in [5, 5.41) is 17.4. The number of esters is 1. The largest absolute Gasteiger partial charge is 0.481 e.